The van der Waals surface area contributed by atoms with Crippen molar-refractivity contribution in [1.82, 2.24) is 4.98 Å². The van der Waals surface area contributed by atoms with E-state index in [1.165, 1.54) is 49.6 Å². The lowest BCUT2D eigenvalue weighted by Gasteiger charge is -2.56. The van der Waals surface area contributed by atoms with Crippen LogP contribution in [0.25, 0.3) is 10.9 Å². The van der Waals surface area contributed by atoms with Crippen molar-refractivity contribution in [2.24, 2.45) is 17.8 Å². The van der Waals surface area contributed by atoms with E-state index < -0.39 is 0 Å². The van der Waals surface area contributed by atoms with Crippen LogP contribution >= 0.6 is 15.9 Å². The Balaban J connectivity index is 1.62. The summed E-state index contributed by atoms with van der Waals surface area (Å²) in [6, 6.07) is 11.0. The number of halogens is 1. The van der Waals surface area contributed by atoms with Crippen molar-refractivity contribution in [3.05, 3.63) is 40.5 Å². The summed E-state index contributed by atoms with van der Waals surface area (Å²) in [5.74, 6) is 2.95. The lowest BCUT2D eigenvalue weighted by Crippen LogP contribution is -2.48. The van der Waals surface area contributed by atoms with Gasteiger partial charge in [-0.25, -0.2) is 0 Å². The molecule has 0 aliphatic heterocycles. The van der Waals surface area contributed by atoms with E-state index in [0.717, 1.165) is 27.7 Å². The molecule has 4 fully saturated rings. The number of fused-ring (bicyclic) bond motifs is 1. The Morgan fingerprint density at radius 1 is 0.905 bits per heavy atom. The van der Waals surface area contributed by atoms with E-state index >= 15 is 0 Å². The van der Waals surface area contributed by atoms with Crippen molar-refractivity contribution >= 4 is 26.8 Å². The number of hydrogen-bond acceptors (Lipinski definition) is 1. The molecule has 0 unspecified atom stereocenters. The van der Waals surface area contributed by atoms with Crippen LogP contribution in [0.2, 0.25) is 0 Å². The first kappa shape index (κ1) is 12.6. The second kappa shape index (κ2) is 4.32. The Labute approximate surface area is 134 Å². The summed E-state index contributed by atoms with van der Waals surface area (Å²) in [5.41, 5.74) is 2.96. The number of hydrogen-bond donors (Lipinski definition) is 0. The van der Waals surface area contributed by atoms with Gasteiger partial charge in [0.1, 0.15) is 0 Å². The van der Waals surface area contributed by atoms with E-state index in [4.69, 9.17) is 4.98 Å². The van der Waals surface area contributed by atoms with Crippen LogP contribution in [0.5, 0.6) is 0 Å². The van der Waals surface area contributed by atoms with Gasteiger partial charge in [-0.15, -0.1) is 0 Å². The molecule has 0 spiro atoms. The lowest BCUT2D eigenvalue weighted by atomic mass is 9.49. The first-order chi connectivity index (χ1) is 10.2. The Morgan fingerprint density at radius 2 is 1.57 bits per heavy atom. The Hall–Kier alpha value is -0.890. The molecule has 0 radical (unpaired) electrons. The minimum absolute atomic E-state index is 0.413. The normalized spacial score (nSPS) is 37.3. The molecule has 4 aliphatic carbocycles. The van der Waals surface area contributed by atoms with E-state index in [1.54, 1.807) is 0 Å². The zero-order chi connectivity index (χ0) is 14.0. The van der Waals surface area contributed by atoms with Crippen LogP contribution in [0.1, 0.15) is 44.2 Å². The molecule has 2 heteroatoms. The van der Waals surface area contributed by atoms with E-state index in [0.29, 0.717) is 5.41 Å². The lowest BCUT2D eigenvalue weighted by molar-refractivity contribution is -0.00705. The molecule has 6 rings (SSSR count). The summed E-state index contributed by atoms with van der Waals surface area (Å²) >= 11 is 3.55. The standard InChI is InChI=1S/C19H20BrN/c20-16-2-3-17-15(8-16)1-4-18(21-17)19-9-12-5-13(10-19)7-14(6-12)11-19/h1-4,8,12-14H,5-7,9-11H2. The third-order valence-electron chi connectivity index (χ3n) is 6.23. The average molecular weight is 342 g/mol. The van der Waals surface area contributed by atoms with Gasteiger partial charge in [0.2, 0.25) is 0 Å². The summed E-state index contributed by atoms with van der Waals surface area (Å²) in [7, 11) is 0. The number of pyridine rings is 1. The second-order valence-electron chi connectivity index (χ2n) is 7.73. The molecular formula is C19H20BrN. The molecule has 4 aliphatic rings. The van der Waals surface area contributed by atoms with Crippen LogP contribution in [-0.4, -0.2) is 4.98 Å². The highest BCUT2D eigenvalue weighted by molar-refractivity contribution is 9.10. The van der Waals surface area contributed by atoms with Gasteiger partial charge in [-0.2, -0.15) is 0 Å². The maximum absolute atomic E-state index is 5.09. The third kappa shape index (κ3) is 1.91. The fourth-order valence-electron chi connectivity index (χ4n) is 5.82. The molecule has 108 valence electrons. The fourth-order valence-corrected chi connectivity index (χ4v) is 6.19. The predicted octanol–water partition coefficient (Wildman–Crippen LogP) is 5.47. The largest absolute Gasteiger partial charge is 0.252 e. The molecule has 0 N–H and O–H groups in total. The van der Waals surface area contributed by atoms with Crippen molar-refractivity contribution < 1.29 is 0 Å². The summed E-state index contributed by atoms with van der Waals surface area (Å²) in [4.78, 5) is 5.09. The summed E-state index contributed by atoms with van der Waals surface area (Å²) < 4.78 is 1.14. The summed E-state index contributed by atoms with van der Waals surface area (Å²) in [5, 5.41) is 1.25. The van der Waals surface area contributed by atoms with Crippen LogP contribution in [0.4, 0.5) is 0 Å². The SMILES string of the molecule is Brc1ccc2nc(C34CC5CC(CC(C5)C3)C4)ccc2c1. The fraction of sp³-hybridized carbons (Fsp3) is 0.526. The number of nitrogens with zero attached hydrogens (tertiary/aromatic N) is 1. The molecule has 4 bridgehead atoms. The van der Waals surface area contributed by atoms with Gasteiger partial charge in [-0.1, -0.05) is 22.0 Å². The minimum atomic E-state index is 0.413. The Kier molecular flexibility index (Phi) is 2.60. The molecule has 1 heterocycles. The minimum Gasteiger partial charge on any atom is -0.252 e. The van der Waals surface area contributed by atoms with E-state index in [9.17, 15) is 0 Å². The summed E-state index contributed by atoms with van der Waals surface area (Å²) in [6.45, 7) is 0. The van der Waals surface area contributed by atoms with Gasteiger partial charge in [0, 0.05) is 21.0 Å². The van der Waals surface area contributed by atoms with E-state index in [-0.39, 0.29) is 0 Å². The highest BCUT2D eigenvalue weighted by atomic mass is 79.9. The monoisotopic (exact) mass is 341 g/mol. The number of rotatable bonds is 1. The van der Waals surface area contributed by atoms with Crippen molar-refractivity contribution in [1.29, 1.82) is 0 Å². The molecule has 1 aromatic carbocycles. The third-order valence-corrected chi connectivity index (χ3v) is 6.73. The summed E-state index contributed by atoms with van der Waals surface area (Å²) in [6.07, 6.45) is 8.69. The van der Waals surface area contributed by atoms with Crippen LogP contribution in [0.15, 0.2) is 34.8 Å². The van der Waals surface area contributed by atoms with Crippen molar-refractivity contribution in [3.8, 4) is 0 Å². The maximum atomic E-state index is 5.09. The van der Waals surface area contributed by atoms with Crippen LogP contribution in [-0.2, 0) is 5.41 Å². The second-order valence-corrected chi connectivity index (χ2v) is 8.65. The van der Waals surface area contributed by atoms with E-state index in [1.807, 2.05) is 0 Å². The number of aromatic nitrogens is 1. The van der Waals surface area contributed by atoms with Crippen LogP contribution in [0, 0.1) is 17.8 Å². The molecule has 0 atom stereocenters. The van der Waals surface area contributed by atoms with Crippen molar-refractivity contribution in [2.75, 3.05) is 0 Å². The Bertz CT molecular complexity index is 685. The van der Waals surface area contributed by atoms with Gasteiger partial charge < -0.3 is 0 Å². The van der Waals surface area contributed by atoms with Crippen molar-refractivity contribution in [2.45, 2.75) is 43.9 Å². The van der Waals surface area contributed by atoms with Gasteiger partial charge >= 0.3 is 0 Å². The molecule has 1 aromatic heterocycles. The highest BCUT2D eigenvalue weighted by Gasteiger charge is 2.52. The first-order valence-corrected chi connectivity index (χ1v) is 9.06. The van der Waals surface area contributed by atoms with Gasteiger partial charge in [-0.3, -0.25) is 4.98 Å². The topological polar surface area (TPSA) is 12.9 Å². The molecule has 2 aromatic rings. The molecule has 4 saturated carbocycles. The smallest absolute Gasteiger partial charge is 0.0706 e. The van der Waals surface area contributed by atoms with Gasteiger partial charge in [0.15, 0.2) is 0 Å². The predicted molar refractivity (Wildman–Crippen MR) is 89.3 cm³/mol. The van der Waals surface area contributed by atoms with Gasteiger partial charge in [0.05, 0.1) is 5.52 Å². The average Bonchev–Trinajstić information content (AvgIpc) is 2.45. The molecule has 0 amide bonds. The van der Waals surface area contributed by atoms with Gasteiger partial charge in [-0.05, 0) is 80.5 Å². The molecule has 21 heavy (non-hydrogen) atoms. The molecular weight excluding hydrogens is 322 g/mol. The molecule has 1 nitrogen and oxygen atoms in total. The first-order valence-electron chi connectivity index (χ1n) is 8.27. The number of benzene rings is 1. The van der Waals surface area contributed by atoms with Crippen molar-refractivity contribution in [3.63, 3.8) is 0 Å². The van der Waals surface area contributed by atoms with Gasteiger partial charge in [0.25, 0.3) is 0 Å². The zero-order valence-electron chi connectivity index (χ0n) is 12.2. The Morgan fingerprint density at radius 3 is 2.24 bits per heavy atom. The highest BCUT2D eigenvalue weighted by Crippen LogP contribution is 2.60. The molecule has 0 saturated heterocycles. The van der Waals surface area contributed by atoms with E-state index in [2.05, 4.69) is 46.3 Å². The van der Waals surface area contributed by atoms with Crippen LogP contribution in [0.3, 0.4) is 0 Å². The zero-order valence-corrected chi connectivity index (χ0v) is 13.8. The quantitative estimate of drug-likeness (QED) is 0.670. The maximum Gasteiger partial charge on any atom is 0.0706 e. The van der Waals surface area contributed by atoms with Crippen LogP contribution < -0.4 is 0 Å².